The zero-order valence-electron chi connectivity index (χ0n) is 9.86. The summed E-state index contributed by atoms with van der Waals surface area (Å²) in [4.78, 5) is 2.10. The summed E-state index contributed by atoms with van der Waals surface area (Å²) in [5, 5.41) is 22.8. The minimum Gasteiger partial charge on any atom is -0.873 e. The van der Waals surface area contributed by atoms with Crippen LogP contribution in [0.15, 0.2) is 12.1 Å². The van der Waals surface area contributed by atoms with E-state index in [9.17, 15) is 10.2 Å². The van der Waals surface area contributed by atoms with E-state index in [2.05, 4.69) is 4.90 Å². The van der Waals surface area contributed by atoms with Crippen molar-refractivity contribution in [3.63, 3.8) is 0 Å². The molecule has 0 saturated heterocycles. The molecule has 0 saturated carbocycles. The number of nitrogens with zero attached hydrogens (tertiary/aromatic N) is 1. The largest absolute Gasteiger partial charge is 2.00 e. The van der Waals surface area contributed by atoms with E-state index in [-0.39, 0.29) is 22.2 Å². The molecule has 0 aromatic heterocycles. The SMILES string of the molecule is CCc1c(N(CC)CC)ccc([O-])c1[O-].[Ni+2]. The van der Waals surface area contributed by atoms with Crippen LogP contribution in [-0.4, -0.2) is 13.1 Å². The van der Waals surface area contributed by atoms with E-state index in [4.69, 9.17) is 0 Å². The normalized spacial score (nSPS) is 9.69. The van der Waals surface area contributed by atoms with Crippen molar-refractivity contribution < 1.29 is 26.7 Å². The summed E-state index contributed by atoms with van der Waals surface area (Å²) in [5.41, 5.74) is 1.55. The Balaban J connectivity index is 0.00000225. The third kappa shape index (κ3) is 2.82. The Morgan fingerprint density at radius 2 is 1.62 bits per heavy atom. The van der Waals surface area contributed by atoms with Gasteiger partial charge in [-0.15, -0.1) is 11.5 Å². The molecule has 1 aromatic rings. The monoisotopic (exact) mass is 265 g/mol. The summed E-state index contributed by atoms with van der Waals surface area (Å²) < 4.78 is 0. The van der Waals surface area contributed by atoms with Crippen LogP contribution < -0.4 is 15.1 Å². The van der Waals surface area contributed by atoms with E-state index in [1.807, 2.05) is 20.8 Å². The van der Waals surface area contributed by atoms with Crippen molar-refractivity contribution in [2.24, 2.45) is 0 Å². The Hall–Kier alpha value is -0.886. The summed E-state index contributed by atoms with van der Waals surface area (Å²) in [6.07, 6.45) is 0.612. The predicted molar refractivity (Wildman–Crippen MR) is 58.3 cm³/mol. The molecule has 0 bridgehead atoms. The first kappa shape index (κ1) is 15.1. The number of anilines is 1. The van der Waals surface area contributed by atoms with Gasteiger partial charge in [-0.2, -0.15) is 0 Å². The topological polar surface area (TPSA) is 49.4 Å². The summed E-state index contributed by atoms with van der Waals surface area (Å²) in [5.74, 6) is -0.746. The Kier molecular flexibility index (Phi) is 6.28. The molecule has 0 heterocycles. The molecule has 4 heteroatoms. The van der Waals surface area contributed by atoms with Crippen LogP contribution >= 0.6 is 0 Å². The number of benzene rings is 1. The van der Waals surface area contributed by atoms with Crippen molar-refractivity contribution in [1.82, 2.24) is 0 Å². The second kappa shape index (κ2) is 6.64. The number of hydrogen-bond acceptors (Lipinski definition) is 3. The standard InChI is InChI=1S/C12H19NO2.Ni/c1-4-9-10(13(5-2)6-3)7-8-11(14)12(9)15;/h7-8,14-15H,4-6H2,1-3H3;/q;+2/p-2. The average molecular weight is 266 g/mol. The molecule has 0 fully saturated rings. The van der Waals surface area contributed by atoms with Crippen LogP contribution in [-0.2, 0) is 22.9 Å². The smallest absolute Gasteiger partial charge is 0.873 e. The van der Waals surface area contributed by atoms with Crippen LogP contribution in [0.25, 0.3) is 0 Å². The molecule has 16 heavy (non-hydrogen) atoms. The van der Waals surface area contributed by atoms with Gasteiger partial charge in [-0.3, -0.25) is 0 Å². The molecule has 0 N–H and O–H groups in total. The minimum atomic E-state index is -0.400. The average Bonchev–Trinajstić information content (AvgIpc) is 2.25. The van der Waals surface area contributed by atoms with E-state index in [0.29, 0.717) is 12.0 Å². The zero-order chi connectivity index (χ0) is 11.4. The van der Waals surface area contributed by atoms with E-state index in [0.717, 1.165) is 18.8 Å². The van der Waals surface area contributed by atoms with Gasteiger partial charge in [0.25, 0.3) is 0 Å². The molecular formula is C12H17NNiO2. The third-order valence-electron chi connectivity index (χ3n) is 2.66. The van der Waals surface area contributed by atoms with Gasteiger partial charge in [0.15, 0.2) is 0 Å². The van der Waals surface area contributed by atoms with Crippen LogP contribution in [0, 0.1) is 0 Å². The maximum Gasteiger partial charge on any atom is 2.00 e. The van der Waals surface area contributed by atoms with E-state index in [1.54, 1.807) is 6.07 Å². The zero-order valence-corrected chi connectivity index (χ0v) is 10.8. The molecule has 0 unspecified atom stereocenters. The van der Waals surface area contributed by atoms with Crippen LogP contribution in [0.2, 0.25) is 0 Å². The molecular weight excluding hydrogens is 249 g/mol. The summed E-state index contributed by atoms with van der Waals surface area (Å²) >= 11 is 0. The van der Waals surface area contributed by atoms with Crippen molar-refractivity contribution in [1.29, 1.82) is 0 Å². The Labute approximate surface area is 107 Å². The van der Waals surface area contributed by atoms with Crippen LogP contribution in [0.4, 0.5) is 5.69 Å². The van der Waals surface area contributed by atoms with Crippen molar-refractivity contribution in [3.05, 3.63) is 17.7 Å². The molecule has 1 rings (SSSR count). The number of rotatable bonds is 4. The van der Waals surface area contributed by atoms with Gasteiger partial charge in [-0.25, -0.2) is 0 Å². The Morgan fingerprint density at radius 1 is 1.06 bits per heavy atom. The molecule has 92 valence electrons. The first-order valence-corrected chi connectivity index (χ1v) is 5.40. The van der Waals surface area contributed by atoms with Gasteiger partial charge in [-0.1, -0.05) is 13.0 Å². The second-order valence-electron chi connectivity index (χ2n) is 3.42. The van der Waals surface area contributed by atoms with Crippen LogP contribution in [0.3, 0.4) is 0 Å². The van der Waals surface area contributed by atoms with Gasteiger partial charge in [0, 0.05) is 18.8 Å². The fraction of sp³-hybridized carbons (Fsp3) is 0.500. The molecule has 1 aromatic carbocycles. The summed E-state index contributed by atoms with van der Waals surface area (Å²) in [7, 11) is 0. The van der Waals surface area contributed by atoms with Gasteiger partial charge in [-0.05, 0) is 31.9 Å². The molecule has 0 radical (unpaired) electrons. The van der Waals surface area contributed by atoms with Crippen molar-refractivity contribution >= 4 is 5.69 Å². The molecule has 0 amide bonds. The molecule has 0 aliphatic heterocycles. The van der Waals surface area contributed by atoms with Gasteiger partial charge >= 0.3 is 16.5 Å². The minimum absolute atomic E-state index is 0. The van der Waals surface area contributed by atoms with Crippen molar-refractivity contribution in [3.8, 4) is 11.5 Å². The summed E-state index contributed by atoms with van der Waals surface area (Å²) in [6.45, 7) is 7.68. The van der Waals surface area contributed by atoms with Gasteiger partial charge < -0.3 is 15.1 Å². The fourth-order valence-electron chi connectivity index (χ4n) is 1.80. The van der Waals surface area contributed by atoms with E-state index in [1.165, 1.54) is 6.07 Å². The second-order valence-corrected chi connectivity index (χ2v) is 3.42. The third-order valence-corrected chi connectivity index (χ3v) is 2.66. The maximum absolute atomic E-state index is 11.6. The van der Waals surface area contributed by atoms with Crippen LogP contribution in [0.5, 0.6) is 11.5 Å². The maximum atomic E-state index is 11.6. The first-order chi connectivity index (χ1) is 7.15. The quantitative estimate of drug-likeness (QED) is 0.770. The van der Waals surface area contributed by atoms with E-state index >= 15 is 0 Å². The Bertz CT molecular complexity index is 338. The molecule has 0 aliphatic rings. The van der Waals surface area contributed by atoms with Crippen molar-refractivity contribution in [2.45, 2.75) is 27.2 Å². The first-order valence-electron chi connectivity index (χ1n) is 5.40. The summed E-state index contributed by atoms with van der Waals surface area (Å²) in [6, 6.07) is 3.13. The van der Waals surface area contributed by atoms with Gasteiger partial charge in [0.2, 0.25) is 0 Å². The predicted octanol–water partition coefficient (Wildman–Crippen LogP) is 1.24. The van der Waals surface area contributed by atoms with Crippen LogP contribution in [0.1, 0.15) is 26.3 Å². The molecule has 0 atom stereocenters. The molecule has 3 nitrogen and oxygen atoms in total. The Morgan fingerprint density at radius 3 is 2.06 bits per heavy atom. The van der Waals surface area contributed by atoms with Gasteiger partial charge in [0.05, 0.1) is 0 Å². The molecule has 0 spiro atoms. The molecule has 0 aliphatic carbocycles. The van der Waals surface area contributed by atoms with Gasteiger partial charge in [0.1, 0.15) is 0 Å². The van der Waals surface area contributed by atoms with E-state index < -0.39 is 5.75 Å². The van der Waals surface area contributed by atoms with Crippen molar-refractivity contribution in [2.75, 3.05) is 18.0 Å². The number of hydrogen-bond donors (Lipinski definition) is 0. The fourth-order valence-corrected chi connectivity index (χ4v) is 1.80.